The monoisotopic (exact) mass is 666 g/mol. The molecule has 0 radical (unpaired) electrons. The number of benzene rings is 3. The smallest absolute Gasteiger partial charge is 0.338 e. The van der Waals surface area contributed by atoms with Gasteiger partial charge in [0.1, 0.15) is 12.4 Å². The van der Waals surface area contributed by atoms with Gasteiger partial charge in [-0.15, -0.1) is 0 Å². The molecular weight excluding hydrogens is 635 g/mol. The van der Waals surface area contributed by atoms with Crippen molar-refractivity contribution in [2.45, 2.75) is 46.4 Å². The first-order chi connectivity index (χ1) is 21.6. The van der Waals surface area contributed by atoms with Crippen molar-refractivity contribution < 1.29 is 23.7 Å². The molecule has 1 aliphatic rings. The number of esters is 1. The SMILES string of the molecule is CCOC(=O)C1=C(C)N=c2s/c(=C/c3cc(Cl)ccc3OCc3ccc(Cl)cc3)c(=O)n2[C@H]1c1ccc(OC(C)C)c(OC)c1. The molecule has 0 unspecified atom stereocenters. The Hall–Kier alpha value is -4.05. The number of thiazole rings is 1. The summed E-state index contributed by atoms with van der Waals surface area (Å²) < 4.78 is 25.0. The summed E-state index contributed by atoms with van der Waals surface area (Å²) >= 11 is 13.6. The second kappa shape index (κ2) is 13.9. The highest BCUT2D eigenvalue weighted by molar-refractivity contribution is 7.07. The van der Waals surface area contributed by atoms with Crippen molar-refractivity contribution in [1.82, 2.24) is 4.57 Å². The highest BCUT2D eigenvalue weighted by Gasteiger charge is 2.34. The van der Waals surface area contributed by atoms with Crippen molar-refractivity contribution in [1.29, 1.82) is 0 Å². The van der Waals surface area contributed by atoms with Crippen LogP contribution in [0.1, 0.15) is 50.4 Å². The Bertz CT molecular complexity index is 1950. The molecule has 2 heterocycles. The average Bonchev–Trinajstić information content (AvgIpc) is 3.30. The van der Waals surface area contributed by atoms with Gasteiger partial charge in [0.15, 0.2) is 16.3 Å². The fourth-order valence-corrected chi connectivity index (χ4v) is 6.30. The molecule has 0 amide bonds. The zero-order valence-electron chi connectivity index (χ0n) is 25.4. The van der Waals surface area contributed by atoms with E-state index in [0.29, 0.717) is 60.1 Å². The first kappa shape index (κ1) is 32.3. The summed E-state index contributed by atoms with van der Waals surface area (Å²) in [4.78, 5) is 32.6. The molecule has 0 aliphatic carbocycles. The van der Waals surface area contributed by atoms with E-state index >= 15 is 0 Å². The maximum absolute atomic E-state index is 14.2. The molecule has 0 fully saturated rings. The molecule has 0 bridgehead atoms. The van der Waals surface area contributed by atoms with E-state index in [1.165, 1.54) is 15.9 Å². The predicted molar refractivity (Wildman–Crippen MR) is 176 cm³/mol. The molecule has 1 aromatic heterocycles. The van der Waals surface area contributed by atoms with Crippen molar-refractivity contribution in [3.8, 4) is 17.2 Å². The zero-order valence-corrected chi connectivity index (χ0v) is 27.8. The maximum atomic E-state index is 14.2. The van der Waals surface area contributed by atoms with Crippen LogP contribution in [0, 0.1) is 0 Å². The minimum atomic E-state index is -0.815. The fourth-order valence-electron chi connectivity index (χ4n) is 4.96. The van der Waals surface area contributed by atoms with Gasteiger partial charge in [-0.1, -0.05) is 52.7 Å². The minimum absolute atomic E-state index is 0.0776. The minimum Gasteiger partial charge on any atom is -0.493 e. The second-order valence-electron chi connectivity index (χ2n) is 10.5. The van der Waals surface area contributed by atoms with Gasteiger partial charge < -0.3 is 18.9 Å². The Balaban J connectivity index is 1.63. The van der Waals surface area contributed by atoms with Crippen LogP contribution >= 0.6 is 34.5 Å². The summed E-state index contributed by atoms with van der Waals surface area (Å²) in [6, 6.07) is 17.2. The lowest BCUT2D eigenvalue weighted by molar-refractivity contribution is -0.139. The summed E-state index contributed by atoms with van der Waals surface area (Å²) in [7, 11) is 1.54. The van der Waals surface area contributed by atoms with E-state index in [-0.39, 0.29) is 23.8 Å². The van der Waals surface area contributed by atoms with Gasteiger partial charge in [-0.2, -0.15) is 0 Å². The Morgan fingerprint density at radius 3 is 2.42 bits per heavy atom. The number of halogens is 2. The van der Waals surface area contributed by atoms with Crippen LogP contribution in [0.3, 0.4) is 0 Å². The van der Waals surface area contributed by atoms with Crippen LogP contribution in [0.2, 0.25) is 10.0 Å². The van der Waals surface area contributed by atoms with E-state index in [1.807, 2.05) is 32.0 Å². The molecule has 0 N–H and O–H groups in total. The number of allylic oxidation sites excluding steroid dienone is 1. The van der Waals surface area contributed by atoms with Gasteiger partial charge in [-0.25, -0.2) is 9.79 Å². The third kappa shape index (κ3) is 7.11. The molecule has 0 spiro atoms. The molecule has 11 heteroatoms. The van der Waals surface area contributed by atoms with E-state index in [2.05, 4.69) is 4.99 Å². The van der Waals surface area contributed by atoms with Crippen molar-refractivity contribution >= 4 is 46.6 Å². The van der Waals surface area contributed by atoms with E-state index in [9.17, 15) is 9.59 Å². The molecule has 4 aromatic rings. The first-order valence-electron chi connectivity index (χ1n) is 14.3. The largest absolute Gasteiger partial charge is 0.493 e. The summed E-state index contributed by atoms with van der Waals surface area (Å²) in [6.07, 6.45) is 1.65. The van der Waals surface area contributed by atoms with Gasteiger partial charge >= 0.3 is 5.97 Å². The number of aromatic nitrogens is 1. The summed E-state index contributed by atoms with van der Waals surface area (Å²) in [5, 5.41) is 1.13. The quantitative estimate of drug-likeness (QED) is 0.180. The molecule has 3 aromatic carbocycles. The topological polar surface area (TPSA) is 88.4 Å². The molecule has 1 aliphatic heterocycles. The van der Waals surface area contributed by atoms with Crippen molar-refractivity contribution in [3.63, 3.8) is 0 Å². The van der Waals surface area contributed by atoms with Crippen LogP contribution < -0.4 is 29.1 Å². The van der Waals surface area contributed by atoms with E-state index in [4.69, 9.17) is 42.1 Å². The van der Waals surface area contributed by atoms with Crippen LogP contribution in [0.15, 0.2) is 81.7 Å². The summed E-state index contributed by atoms with van der Waals surface area (Å²) in [6.45, 7) is 7.78. The number of rotatable bonds is 10. The van der Waals surface area contributed by atoms with Crippen LogP contribution in [0.4, 0.5) is 0 Å². The third-order valence-corrected chi connectivity index (χ3v) is 8.42. The highest BCUT2D eigenvalue weighted by Crippen LogP contribution is 2.36. The number of ether oxygens (including phenoxy) is 4. The van der Waals surface area contributed by atoms with Gasteiger partial charge in [-0.05, 0) is 87.4 Å². The maximum Gasteiger partial charge on any atom is 0.338 e. The average molecular weight is 668 g/mol. The number of carbonyl (C=O) groups excluding carboxylic acids is 1. The number of carbonyl (C=O) groups is 1. The molecule has 0 saturated carbocycles. The molecule has 45 heavy (non-hydrogen) atoms. The number of hydrogen-bond acceptors (Lipinski definition) is 8. The van der Waals surface area contributed by atoms with Crippen LogP contribution in [0.25, 0.3) is 6.08 Å². The Morgan fingerprint density at radius 2 is 1.73 bits per heavy atom. The van der Waals surface area contributed by atoms with Crippen LogP contribution in [-0.4, -0.2) is 30.4 Å². The predicted octanol–water partition coefficient (Wildman–Crippen LogP) is 6.48. The van der Waals surface area contributed by atoms with Crippen LogP contribution in [-0.2, 0) is 16.1 Å². The van der Waals surface area contributed by atoms with Crippen molar-refractivity contribution in [2.24, 2.45) is 4.99 Å². The lowest BCUT2D eigenvalue weighted by Crippen LogP contribution is -2.40. The molecule has 0 saturated heterocycles. The number of hydrogen-bond donors (Lipinski definition) is 0. The number of fused-ring (bicyclic) bond motifs is 1. The molecule has 1 atom stereocenters. The molecular formula is C34H32Cl2N2O6S. The van der Waals surface area contributed by atoms with Gasteiger partial charge in [0.25, 0.3) is 5.56 Å². The summed E-state index contributed by atoms with van der Waals surface area (Å²) in [5.41, 5.74) is 2.59. The second-order valence-corrected chi connectivity index (χ2v) is 12.4. The standard InChI is InChI=1S/C34H32Cl2N2O6S/c1-6-42-33(40)30-20(4)37-34-38(31(30)22-9-13-27(44-19(2)3)28(16-22)41-5)32(39)29(45-34)17-23-15-25(36)12-14-26(23)43-18-21-7-10-24(35)11-8-21/h7-17,19,31H,6,18H2,1-5H3/b29-17+/t31-/m0/s1. The number of methoxy groups -OCH3 is 1. The zero-order chi connectivity index (χ0) is 32.2. The van der Waals surface area contributed by atoms with Gasteiger partial charge in [0.2, 0.25) is 0 Å². The Morgan fingerprint density at radius 1 is 1.02 bits per heavy atom. The summed E-state index contributed by atoms with van der Waals surface area (Å²) in [5.74, 6) is 1.02. The van der Waals surface area contributed by atoms with E-state index in [0.717, 1.165) is 5.56 Å². The highest BCUT2D eigenvalue weighted by atomic mass is 35.5. The van der Waals surface area contributed by atoms with Crippen LogP contribution in [0.5, 0.6) is 17.2 Å². The van der Waals surface area contributed by atoms with E-state index in [1.54, 1.807) is 69.5 Å². The lowest BCUT2D eigenvalue weighted by Gasteiger charge is -2.25. The first-order valence-corrected chi connectivity index (χ1v) is 15.9. The van der Waals surface area contributed by atoms with Gasteiger partial charge in [0.05, 0.1) is 41.7 Å². The Kier molecular flexibility index (Phi) is 10.0. The van der Waals surface area contributed by atoms with Gasteiger partial charge in [0, 0.05) is 15.6 Å². The molecule has 8 nitrogen and oxygen atoms in total. The fraction of sp³-hybridized carbons (Fsp3) is 0.265. The van der Waals surface area contributed by atoms with Crippen molar-refractivity contribution in [2.75, 3.05) is 13.7 Å². The third-order valence-electron chi connectivity index (χ3n) is 6.95. The number of nitrogens with zero attached hydrogens (tertiary/aromatic N) is 2. The molecule has 5 rings (SSSR count). The lowest BCUT2D eigenvalue weighted by atomic mass is 9.95. The molecule has 234 valence electrons. The Labute approximate surface area is 274 Å². The van der Waals surface area contributed by atoms with Gasteiger partial charge in [-0.3, -0.25) is 9.36 Å². The normalized spacial score (nSPS) is 14.7. The van der Waals surface area contributed by atoms with Crippen molar-refractivity contribution in [3.05, 3.63) is 118 Å². The van der Waals surface area contributed by atoms with E-state index < -0.39 is 12.0 Å².